The maximum atomic E-state index is 13.0. The molecule has 1 amide bonds. The summed E-state index contributed by atoms with van der Waals surface area (Å²) in [5.74, 6) is 0.957. The number of anilines is 1. The zero-order valence-electron chi connectivity index (χ0n) is 15.2. The lowest BCUT2D eigenvalue weighted by atomic mass is 9.89. The van der Waals surface area contributed by atoms with Crippen LogP contribution in [0.2, 0.25) is 0 Å². The van der Waals surface area contributed by atoms with Gasteiger partial charge in [-0.1, -0.05) is 6.07 Å². The molecule has 27 heavy (non-hydrogen) atoms. The average Bonchev–Trinajstić information content (AvgIpc) is 3.37. The van der Waals surface area contributed by atoms with Crippen molar-refractivity contribution in [2.24, 2.45) is 0 Å². The maximum absolute atomic E-state index is 13.0. The Hall–Kier alpha value is -3.15. The number of carbonyl (C=O) groups excluding carboxylic acids is 1. The monoisotopic (exact) mass is 359 g/mol. The summed E-state index contributed by atoms with van der Waals surface area (Å²) in [7, 11) is 0. The van der Waals surface area contributed by atoms with Crippen LogP contribution in [-0.2, 0) is 5.54 Å². The lowest BCUT2D eigenvalue weighted by Crippen LogP contribution is -2.52. The molecule has 0 aromatic carbocycles. The number of pyridine rings is 2. The van der Waals surface area contributed by atoms with E-state index in [2.05, 4.69) is 50.8 Å². The highest BCUT2D eigenvalue weighted by Crippen LogP contribution is 2.46. The third-order valence-corrected chi connectivity index (χ3v) is 5.76. The molecule has 0 bridgehead atoms. The SMILES string of the molecule is CCN1c2cccnc2-n2cccc2[C@]12CCN(C(=O)c1ccccn1)C2. The lowest BCUT2D eigenvalue weighted by Gasteiger charge is -2.46. The van der Waals surface area contributed by atoms with E-state index < -0.39 is 0 Å². The number of hydrogen-bond acceptors (Lipinski definition) is 4. The van der Waals surface area contributed by atoms with Crippen LogP contribution in [0.15, 0.2) is 61.1 Å². The minimum atomic E-state index is -0.237. The van der Waals surface area contributed by atoms with Gasteiger partial charge in [0.1, 0.15) is 11.2 Å². The first-order valence-corrected chi connectivity index (χ1v) is 9.36. The largest absolute Gasteiger partial charge is 0.356 e. The molecule has 3 aromatic rings. The van der Waals surface area contributed by atoms with E-state index in [9.17, 15) is 4.79 Å². The van der Waals surface area contributed by atoms with E-state index in [4.69, 9.17) is 0 Å². The molecule has 6 heteroatoms. The second-order valence-corrected chi connectivity index (χ2v) is 7.08. The van der Waals surface area contributed by atoms with Crippen molar-refractivity contribution in [2.75, 3.05) is 24.5 Å². The molecule has 5 heterocycles. The molecule has 0 unspecified atom stereocenters. The van der Waals surface area contributed by atoms with Crippen LogP contribution in [0.4, 0.5) is 5.69 Å². The maximum Gasteiger partial charge on any atom is 0.272 e. The second kappa shape index (κ2) is 5.94. The van der Waals surface area contributed by atoms with Crippen LogP contribution in [0, 0.1) is 0 Å². The standard InChI is InChI=1S/C21H21N5O/c1-2-26-17-8-5-12-23-19(17)25-13-6-9-18(25)21(26)10-14-24(15-21)20(27)16-7-3-4-11-22-16/h3-9,11-13H,2,10,14-15H2,1H3/t21-/m1/s1. The number of amides is 1. The van der Waals surface area contributed by atoms with Crippen molar-refractivity contribution in [3.05, 3.63) is 72.4 Å². The summed E-state index contributed by atoms with van der Waals surface area (Å²) >= 11 is 0. The molecule has 1 saturated heterocycles. The van der Waals surface area contributed by atoms with E-state index >= 15 is 0 Å². The van der Waals surface area contributed by atoms with Crippen LogP contribution in [-0.4, -0.2) is 45.0 Å². The molecule has 0 aliphatic carbocycles. The number of likely N-dealkylation sites (tertiary alicyclic amines) is 1. The fraction of sp³-hybridized carbons (Fsp3) is 0.286. The minimum absolute atomic E-state index is 0.00128. The zero-order chi connectivity index (χ0) is 18.4. The third-order valence-electron chi connectivity index (χ3n) is 5.76. The van der Waals surface area contributed by atoms with E-state index in [1.54, 1.807) is 12.3 Å². The fourth-order valence-electron chi connectivity index (χ4n) is 4.62. The Morgan fingerprint density at radius 3 is 2.81 bits per heavy atom. The Morgan fingerprint density at radius 2 is 2.00 bits per heavy atom. The molecule has 2 aliphatic rings. The predicted molar refractivity (Wildman–Crippen MR) is 103 cm³/mol. The molecule has 5 rings (SSSR count). The first-order chi connectivity index (χ1) is 13.2. The number of aromatic nitrogens is 3. The van der Waals surface area contributed by atoms with Crippen LogP contribution in [0.1, 0.15) is 29.5 Å². The first-order valence-electron chi connectivity index (χ1n) is 9.36. The van der Waals surface area contributed by atoms with Gasteiger partial charge in [0, 0.05) is 38.2 Å². The average molecular weight is 359 g/mol. The van der Waals surface area contributed by atoms with E-state index in [-0.39, 0.29) is 11.4 Å². The van der Waals surface area contributed by atoms with E-state index in [0.717, 1.165) is 24.5 Å². The molecule has 2 aliphatic heterocycles. The Balaban J connectivity index is 1.58. The molecule has 3 aromatic heterocycles. The number of rotatable bonds is 2. The normalized spacial score (nSPS) is 20.6. The summed E-state index contributed by atoms with van der Waals surface area (Å²) in [6.45, 7) is 4.39. The Labute approximate surface area is 158 Å². The fourth-order valence-corrected chi connectivity index (χ4v) is 4.62. The molecule has 0 saturated carbocycles. The predicted octanol–water partition coefficient (Wildman–Crippen LogP) is 2.85. The Bertz CT molecular complexity index is 999. The number of nitrogens with zero attached hydrogens (tertiary/aromatic N) is 5. The topological polar surface area (TPSA) is 54.3 Å². The van der Waals surface area contributed by atoms with E-state index in [1.807, 2.05) is 29.3 Å². The summed E-state index contributed by atoms with van der Waals surface area (Å²) < 4.78 is 2.18. The van der Waals surface area contributed by atoms with Gasteiger partial charge in [0.2, 0.25) is 0 Å². The van der Waals surface area contributed by atoms with Gasteiger partial charge in [0.25, 0.3) is 5.91 Å². The summed E-state index contributed by atoms with van der Waals surface area (Å²) in [5.41, 5.74) is 2.59. The molecule has 1 fully saturated rings. The Kier molecular flexibility index (Phi) is 3.53. The van der Waals surface area contributed by atoms with Gasteiger partial charge in [0.15, 0.2) is 5.82 Å². The van der Waals surface area contributed by atoms with Crippen LogP contribution in [0.3, 0.4) is 0 Å². The van der Waals surface area contributed by atoms with Crippen molar-refractivity contribution in [3.63, 3.8) is 0 Å². The third kappa shape index (κ3) is 2.22. The molecule has 0 N–H and O–H groups in total. The molecular formula is C21H21N5O. The van der Waals surface area contributed by atoms with Gasteiger partial charge in [-0.05, 0) is 49.7 Å². The highest BCUT2D eigenvalue weighted by atomic mass is 16.2. The summed E-state index contributed by atoms with van der Waals surface area (Å²) in [4.78, 5) is 26.2. The van der Waals surface area contributed by atoms with Gasteiger partial charge in [-0.2, -0.15) is 0 Å². The number of fused-ring (bicyclic) bond motifs is 4. The molecular weight excluding hydrogens is 338 g/mol. The highest BCUT2D eigenvalue weighted by Gasteiger charge is 2.50. The first kappa shape index (κ1) is 16.1. The van der Waals surface area contributed by atoms with Crippen molar-refractivity contribution in [2.45, 2.75) is 18.9 Å². The van der Waals surface area contributed by atoms with Crippen molar-refractivity contribution in [1.29, 1.82) is 0 Å². The molecule has 6 nitrogen and oxygen atoms in total. The van der Waals surface area contributed by atoms with E-state index in [1.165, 1.54) is 5.69 Å². The number of likely N-dealkylation sites (N-methyl/N-ethyl adjacent to an activating group) is 1. The molecule has 136 valence electrons. The highest BCUT2D eigenvalue weighted by molar-refractivity contribution is 5.92. The molecule has 1 atom stereocenters. The zero-order valence-corrected chi connectivity index (χ0v) is 15.2. The smallest absolute Gasteiger partial charge is 0.272 e. The number of hydrogen-bond donors (Lipinski definition) is 0. The van der Waals surface area contributed by atoms with Gasteiger partial charge < -0.3 is 14.4 Å². The van der Waals surface area contributed by atoms with Gasteiger partial charge in [-0.25, -0.2) is 4.98 Å². The van der Waals surface area contributed by atoms with Crippen molar-refractivity contribution in [1.82, 2.24) is 19.4 Å². The molecule has 1 spiro atoms. The van der Waals surface area contributed by atoms with Crippen LogP contribution in [0.25, 0.3) is 5.82 Å². The minimum Gasteiger partial charge on any atom is -0.356 e. The van der Waals surface area contributed by atoms with Gasteiger partial charge in [-0.15, -0.1) is 0 Å². The summed E-state index contributed by atoms with van der Waals surface area (Å²) in [6.07, 6.45) is 6.46. The van der Waals surface area contributed by atoms with Gasteiger partial charge >= 0.3 is 0 Å². The summed E-state index contributed by atoms with van der Waals surface area (Å²) in [5, 5.41) is 0. The van der Waals surface area contributed by atoms with Gasteiger partial charge in [-0.3, -0.25) is 9.78 Å². The van der Waals surface area contributed by atoms with Crippen molar-refractivity contribution in [3.8, 4) is 5.82 Å². The van der Waals surface area contributed by atoms with Crippen LogP contribution in [0.5, 0.6) is 0 Å². The number of carbonyl (C=O) groups is 1. The molecule has 0 radical (unpaired) electrons. The lowest BCUT2D eigenvalue weighted by molar-refractivity contribution is 0.0776. The van der Waals surface area contributed by atoms with Crippen molar-refractivity contribution < 1.29 is 4.79 Å². The Morgan fingerprint density at radius 1 is 1.11 bits per heavy atom. The van der Waals surface area contributed by atoms with Gasteiger partial charge in [0.05, 0.1) is 11.4 Å². The van der Waals surface area contributed by atoms with Crippen LogP contribution < -0.4 is 4.90 Å². The van der Waals surface area contributed by atoms with Crippen molar-refractivity contribution >= 4 is 11.6 Å². The summed E-state index contributed by atoms with van der Waals surface area (Å²) in [6, 6.07) is 13.8. The quantitative estimate of drug-likeness (QED) is 0.706. The van der Waals surface area contributed by atoms with E-state index in [0.29, 0.717) is 18.8 Å². The van der Waals surface area contributed by atoms with Crippen LogP contribution >= 0.6 is 0 Å². The second-order valence-electron chi connectivity index (χ2n) is 7.08.